The zero-order valence-corrected chi connectivity index (χ0v) is 7.26. The third-order valence-electron chi connectivity index (χ3n) is 0.902. The molecule has 1 aliphatic rings. The number of hydrogen-bond donors (Lipinski definition) is 0. The Morgan fingerprint density at radius 1 is 1.44 bits per heavy atom. The summed E-state index contributed by atoms with van der Waals surface area (Å²) in [5.74, 6) is 0.843. The fourth-order valence-corrected chi connectivity index (χ4v) is 2.43. The highest BCUT2D eigenvalue weighted by Crippen LogP contribution is 2.27. The molecule has 2 rings (SSSR count). The molecule has 46 valence electrons. The molecule has 5 heteroatoms. The minimum Gasteiger partial charge on any atom is -0.199 e. The quantitative estimate of drug-likeness (QED) is 0.663. The molecule has 1 aliphatic heterocycles. The maximum atomic E-state index is 4.21. The standard InChI is InChI=1S/C4H2IN3S/c1-2-5-6-4-3(1)7-9-8-4/h1-2H. The first-order chi connectivity index (χ1) is 4.47. The van der Waals surface area contributed by atoms with Gasteiger partial charge >= 0.3 is 0 Å². The van der Waals surface area contributed by atoms with E-state index < -0.39 is 0 Å². The van der Waals surface area contributed by atoms with Crippen LogP contribution in [0.5, 0.6) is 0 Å². The summed E-state index contributed by atoms with van der Waals surface area (Å²) in [5, 5.41) is 0. The van der Waals surface area contributed by atoms with E-state index in [1.54, 1.807) is 0 Å². The van der Waals surface area contributed by atoms with Crippen LogP contribution in [-0.4, -0.2) is 8.75 Å². The molecule has 0 unspecified atom stereocenters. The topological polar surface area (TPSA) is 38.1 Å². The van der Waals surface area contributed by atoms with Crippen molar-refractivity contribution in [1.29, 1.82) is 0 Å². The summed E-state index contributed by atoms with van der Waals surface area (Å²) in [6.45, 7) is 0. The average molecular weight is 251 g/mol. The van der Waals surface area contributed by atoms with E-state index in [4.69, 9.17) is 0 Å². The smallest absolute Gasteiger partial charge is 0.198 e. The largest absolute Gasteiger partial charge is 0.199 e. The van der Waals surface area contributed by atoms with Gasteiger partial charge < -0.3 is 0 Å². The second kappa shape index (κ2) is 2.22. The van der Waals surface area contributed by atoms with Gasteiger partial charge in [0, 0.05) is 21.0 Å². The number of aromatic nitrogens is 2. The molecule has 0 spiro atoms. The molecule has 3 nitrogen and oxygen atoms in total. The van der Waals surface area contributed by atoms with E-state index in [1.165, 1.54) is 11.7 Å². The van der Waals surface area contributed by atoms with E-state index in [0.717, 1.165) is 11.5 Å². The predicted molar refractivity (Wildman–Crippen MR) is 45.1 cm³/mol. The van der Waals surface area contributed by atoms with Gasteiger partial charge in [-0.1, -0.05) is 0 Å². The fourth-order valence-electron chi connectivity index (χ4n) is 0.517. The second-order valence-electron chi connectivity index (χ2n) is 1.45. The van der Waals surface area contributed by atoms with Gasteiger partial charge in [-0.05, 0) is 10.2 Å². The molecule has 0 saturated heterocycles. The zero-order valence-electron chi connectivity index (χ0n) is 4.28. The molecule has 0 fully saturated rings. The molecule has 0 aliphatic carbocycles. The first-order valence-electron chi connectivity index (χ1n) is 2.30. The lowest BCUT2D eigenvalue weighted by Crippen LogP contribution is -1.69. The monoisotopic (exact) mass is 251 g/mol. The fraction of sp³-hybridized carbons (Fsp3) is 0. The van der Waals surface area contributed by atoms with Crippen LogP contribution in [0.2, 0.25) is 0 Å². The van der Waals surface area contributed by atoms with Crippen LogP contribution in [0.25, 0.3) is 6.08 Å². The van der Waals surface area contributed by atoms with Gasteiger partial charge in [0.1, 0.15) is 5.69 Å². The van der Waals surface area contributed by atoms with E-state index in [0.29, 0.717) is 0 Å². The second-order valence-corrected chi connectivity index (χ2v) is 3.73. The summed E-state index contributed by atoms with van der Waals surface area (Å²) < 4.78 is 14.3. The van der Waals surface area contributed by atoms with E-state index >= 15 is 0 Å². The van der Waals surface area contributed by atoms with E-state index in [-0.39, 0.29) is 21.0 Å². The Bertz CT molecular complexity index is 251. The lowest BCUT2D eigenvalue weighted by Gasteiger charge is -1.88. The van der Waals surface area contributed by atoms with Crippen molar-refractivity contribution in [2.24, 2.45) is 3.15 Å². The molecule has 0 bridgehead atoms. The van der Waals surface area contributed by atoms with Crippen LogP contribution in [0.3, 0.4) is 0 Å². The molecule has 0 radical (unpaired) electrons. The molecule has 0 aromatic carbocycles. The van der Waals surface area contributed by atoms with Crippen LogP contribution in [0.4, 0.5) is 5.82 Å². The van der Waals surface area contributed by atoms with E-state index in [9.17, 15) is 0 Å². The molecule has 0 atom stereocenters. The lowest BCUT2D eigenvalue weighted by molar-refractivity contribution is 1.41. The van der Waals surface area contributed by atoms with E-state index in [1.807, 2.05) is 6.08 Å². The van der Waals surface area contributed by atoms with Gasteiger partial charge in [-0.25, -0.2) is 0 Å². The lowest BCUT2D eigenvalue weighted by atomic mass is 10.4. The molecule has 0 saturated carbocycles. The Morgan fingerprint density at radius 2 is 2.44 bits per heavy atom. The Balaban J connectivity index is 2.68. The molecule has 1 aromatic heterocycles. The Labute approximate surface area is 66.3 Å². The predicted octanol–water partition coefficient (Wildman–Crippen LogP) is 2.31. The molecule has 2 heterocycles. The number of hydrogen-bond acceptors (Lipinski definition) is 4. The highest BCUT2D eigenvalue weighted by Gasteiger charge is 2.03. The highest BCUT2D eigenvalue weighted by molar-refractivity contribution is 14.2. The first-order valence-corrected chi connectivity index (χ1v) is 5.24. The Morgan fingerprint density at radius 3 is 3.33 bits per heavy atom. The van der Waals surface area contributed by atoms with Crippen LogP contribution in [0.1, 0.15) is 5.69 Å². The molecule has 0 amide bonds. The molecule has 9 heavy (non-hydrogen) atoms. The van der Waals surface area contributed by atoms with Crippen LogP contribution in [-0.2, 0) is 0 Å². The van der Waals surface area contributed by atoms with Crippen molar-refractivity contribution in [2.45, 2.75) is 0 Å². The summed E-state index contributed by atoms with van der Waals surface area (Å²) in [4.78, 5) is 0. The molecular weight excluding hydrogens is 249 g/mol. The van der Waals surface area contributed by atoms with Crippen molar-refractivity contribution in [1.82, 2.24) is 8.75 Å². The van der Waals surface area contributed by atoms with Crippen LogP contribution in [0.15, 0.2) is 7.23 Å². The van der Waals surface area contributed by atoms with Crippen LogP contribution in [0, 0.1) is 0 Å². The van der Waals surface area contributed by atoms with Crippen molar-refractivity contribution in [2.75, 3.05) is 0 Å². The molecular formula is C4H2IN3S. The number of halogens is 1. The highest BCUT2D eigenvalue weighted by atomic mass is 127. The summed E-state index contributed by atoms with van der Waals surface area (Å²) in [7, 11) is 0. The van der Waals surface area contributed by atoms with Crippen molar-refractivity contribution >= 4 is 44.7 Å². The van der Waals surface area contributed by atoms with Gasteiger partial charge in [0.15, 0.2) is 5.82 Å². The van der Waals surface area contributed by atoms with Crippen molar-refractivity contribution < 1.29 is 0 Å². The van der Waals surface area contributed by atoms with Crippen molar-refractivity contribution in [3.05, 3.63) is 9.78 Å². The third kappa shape index (κ3) is 0.940. The normalized spacial score (nSPS) is 14.7. The summed E-state index contributed by atoms with van der Waals surface area (Å²) in [6.07, 6.45) is 2.00. The Hall–Kier alpha value is -0.170. The van der Waals surface area contributed by atoms with Gasteiger partial charge in [-0.2, -0.15) is 11.9 Å². The third-order valence-corrected chi connectivity index (χ3v) is 2.85. The van der Waals surface area contributed by atoms with Crippen LogP contribution >= 0.6 is 32.8 Å². The number of fused-ring (bicyclic) bond motifs is 1. The zero-order chi connectivity index (χ0) is 6.10. The van der Waals surface area contributed by atoms with Crippen molar-refractivity contribution in [3.63, 3.8) is 0 Å². The van der Waals surface area contributed by atoms with Gasteiger partial charge in [0.25, 0.3) is 0 Å². The SMILES string of the molecule is C1=Cc2nsnc2N=I1. The van der Waals surface area contributed by atoms with Crippen molar-refractivity contribution in [3.8, 4) is 0 Å². The van der Waals surface area contributed by atoms with Crippen LogP contribution < -0.4 is 0 Å². The van der Waals surface area contributed by atoms with Gasteiger partial charge in [0.2, 0.25) is 0 Å². The molecule has 0 N–H and O–H groups in total. The van der Waals surface area contributed by atoms with Gasteiger partial charge in [0.05, 0.1) is 11.7 Å². The van der Waals surface area contributed by atoms with Gasteiger partial charge in [-0.3, -0.25) is 0 Å². The molecule has 1 aromatic rings. The summed E-state index contributed by atoms with van der Waals surface area (Å²) in [6, 6.07) is 0. The summed E-state index contributed by atoms with van der Waals surface area (Å²) in [5.41, 5.74) is 0.936. The Kier molecular flexibility index (Phi) is 1.38. The first kappa shape index (κ1) is 5.60. The number of rotatable bonds is 0. The summed E-state index contributed by atoms with van der Waals surface area (Å²) >= 11 is 1.13. The number of nitrogens with zero attached hydrogens (tertiary/aromatic N) is 3. The average Bonchev–Trinajstić information content (AvgIpc) is 2.33. The maximum absolute atomic E-state index is 4.21. The van der Waals surface area contributed by atoms with Gasteiger partial charge in [-0.15, -0.1) is 0 Å². The minimum atomic E-state index is -0.0996. The minimum absolute atomic E-state index is 0.0996. The maximum Gasteiger partial charge on any atom is 0.198 e. The van der Waals surface area contributed by atoms with E-state index in [2.05, 4.69) is 16.0 Å².